The molecule has 3 N–H and O–H groups in total. The summed E-state index contributed by atoms with van der Waals surface area (Å²) in [6.45, 7) is 2.19. The number of aliphatic carboxylic acids is 3. The zero-order valence-corrected chi connectivity index (χ0v) is 18.8. The van der Waals surface area contributed by atoms with Crippen LogP contribution in [0.15, 0.2) is 11.1 Å². The Kier molecular flexibility index (Phi) is 18.0. The summed E-state index contributed by atoms with van der Waals surface area (Å²) in [5.74, 6) is -3.43. The minimum absolute atomic E-state index is 0.222. The molecule has 174 valence electrons. The molecule has 0 saturated heterocycles. The second kappa shape index (κ2) is 19.1. The second-order valence-corrected chi connectivity index (χ2v) is 8.18. The SMILES string of the molecule is CCCCCCCCCCC(CCCCCCCCCC(=O)O)=C(C(=O)O)C(=O)O. The Morgan fingerprint density at radius 3 is 1.17 bits per heavy atom. The predicted molar refractivity (Wildman–Crippen MR) is 119 cm³/mol. The molecule has 0 aliphatic rings. The monoisotopic (exact) mass is 426 g/mol. The van der Waals surface area contributed by atoms with Crippen molar-refractivity contribution in [3.05, 3.63) is 11.1 Å². The zero-order valence-electron chi connectivity index (χ0n) is 18.8. The summed E-state index contributed by atoms with van der Waals surface area (Å²) >= 11 is 0. The summed E-state index contributed by atoms with van der Waals surface area (Å²) in [5, 5.41) is 27.2. The standard InChI is InChI=1S/C24H42O6/c1-2-3-4-5-6-8-11-14-17-20(22(23(27)28)24(29)30)18-15-12-9-7-10-13-16-19-21(25)26/h2-19H2,1H3,(H,25,26)(H,27,28)(H,29,30). The van der Waals surface area contributed by atoms with E-state index in [1.54, 1.807) is 0 Å². The zero-order chi connectivity index (χ0) is 22.6. The van der Waals surface area contributed by atoms with Gasteiger partial charge in [-0.1, -0.05) is 84.0 Å². The van der Waals surface area contributed by atoms with E-state index in [0.29, 0.717) is 24.8 Å². The van der Waals surface area contributed by atoms with Gasteiger partial charge in [0.25, 0.3) is 0 Å². The highest BCUT2D eigenvalue weighted by molar-refractivity contribution is 6.13. The normalized spacial score (nSPS) is 10.7. The van der Waals surface area contributed by atoms with E-state index >= 15 is 0 Å². The highest BCUT2D eigenvalue weighted by Gasteiger charge is 2.21. The summed E-state index contributed by atoms with van der Waals surface area (Å²) in [7, 11) is 0. The Morgan fingerprint density at radius 2 is 0.833 bits per heavy atom. The minimum atomic E-state index is -1.34. The lowest BCUT2D eigenvalue weighted by Crippen LogP contribution is -2.14. The maximum absolute atomic E-state index is 11.4. The van der Waals surface area contributed by atoms with Crippen LogP contribution in [0.25, 0.3) is 0 Å². The largest absolute Gasteiger partial charge is 0.481 e. The molecule has 30 heavy (non-hydrogen) atoms. The molecule has 6 nitrogen and oxygen atoms in total. The third-order valence-electron chi connectivity index (χ3n) is 5.48. The van der Waals surface area contributed by atoms with Gasteiger partial charge in [0.15, 0.2) is 0 Å². The van der Waals surface area contributed by atoms with E-state index in [4.69, 9.17) is 5.11 Å². The summed E-state index contributed by atoms with van der Waals surface area (Å²) in [5.41, 5.74) is 0.133. The number of hydrogen-bond acceptors (Lipinski definition) is 3. The van der Waals surface area contributed by atoms with E-state index in [1.807, 2.05) is 0 Å². The molecule has 0 heterocycles. The van der Waals surface area contributed by atoms with Crippen LogP contribution in [0.5, 0.6) is 0 Å². The van der Waals surface area contributed by atoms with Crippen molar-refractivity contribution in [3.8, 4) is 0 Å². The summed E-state index contributed by atoms with van der Waals surface area (Å²) < 4.78 is 0. The van der Waals surface area contributed by atoms with Gasteiger partial charge in [-0.15, -0.1) is 0 Å². The van der Waals surface area contributed by atoms with Crippen LogP contribution in [0.1, 0.15) is 122 Å². The molecule has 0 atom stereocenters. The number of carboxylic acids is 3. The first-order valence-corrected chi connectivity index (χ1v) is 11.8. The van der Waals surface area contributed by atoms with Crippen LogP contribution in [0.4, 0.5) is 0 Å². The summed E-state index contributed by atoms with van der Waals surface area (Å²) in [6.07, 6.45) is 16.9. The van der Waals surface area contributed by atoms with E-state index in [2.05, 4.69) is 6.92 Å². The fourth-order valence-electron chi connectivity index (χ4n) is 3.74. The second-order valence-electron chi connectivity index (χ2n) is 8.18. The van der Waals surface area contributed by atoms with E-state index < -0.39 is 23.5 Å². The number of unbranched alkanes of at least 4 members (excludes halogenated alkanes) is 13. The quantitative estimate of drug-likeness (QED) is 0.0827. The number of allylic oxidation sites excluding steroid dienone is 1. The van der Waals surface area contributed by atoms with Crippen molar-refractivity contribution < 1.29 is 29.7 Å². The molecule has 0 aromatic heterocycles. The van der Waals surface area contributed by atoms with Crippen LogP contribution in [0.3, 0.4) is 0 Å². The van der Waals surface area contributed by atoms with Gasteiger partial charge in [0.2, 0.25) is 0 Å². The molecule has 0 unspecified atom stereocenters. The van der Waals surface area contributed by atoms with Crippen molar-refractivity contribution in [1.82, 2.24) is 0 Å². The lowest BCUT2D eigenvalue weighted by atomic mass is 9.95. The first-order valence-electron chi connectivity index (χ1n) is 11.8. The topological polar surface area (TPSA) is 112 Å². The van der Waals surface area contributed by atoms with E-state index in [9.17, 15) is 24.6 Å². The Labute approximate surface area is 181 Å². The molecule has 0 aliphatic heterocycles. The van der Waals surface area contributed by atoms with Crippen LogP contribution in [0.2, 0.25) is 0 Å². The van der Waals surface area contributed by atoms with E-state index in [0.717, 1.165) is 57.8 Å². The van der Waals surface area contributed by atoms with E-state index in [-0.39, 0.29) is 6.42 Å². The van der Waals surface area contributed by atoms with Crippen LogP contribution in [-0.4, -0.2) is 33.2 Å². The molecule has 0 aromatic carbocycles. The molecule has 0 saturated carbocycles. The third kappa shape index (κ3) is 16.0. The maximum Gasteiger partial charge on any atom is 0.343 e. The Hall–Kier alpha value is -1.85. The number of hydrogen-bond donors (Lipinski definition) is 3. The average molecular weight is 427 g/mol. The molecule has 0 rings (SSSR count). The van der Waals surface area contributed by atoms with Gasteiger partial charge in [-0.2, -0.15) is 0 Å². The molecule has 0 amide bonds. The minimum Gasteiger partial charge on any atom is -0.481 e. The molecular weight excluding hydrogens is 384 g/mol. The maximum atomic E-state index is 11.4. The third-order valence-corrected chi connectivity index (χ3v) is 5.48. The van der Waals surface area contributed by atoms with Crippen molar-refractivity contribution in [1.29, 1.82) is 0 Å². The van der Waals surface area contributed by atoms with Gasteiger partial charge >= 0.3 is 17.9 Å². The molecular formula is C24H42O6. The number of rotatable bonds is 21. The highest BCUT2D eigenvalue weighted by atomic mass is 16.4. The molecule has 0 spiro atoms. The molecule has 0 bridgehead atoms. The van der Waals surface area contributed by atoms with Crippen LogP contribution in [0, 0.1) is 0 Å². The highest BCUT2D eigenvalue weighted by Crippen LogP contribution is 2.22. The first-order chi connectivity index (χ1) is 14.4. The lowest BCUT2D eigenvalue weighted by Gasteiger charge is -2.11. The molecule has 6 heteroatoms. The number of carbonyl (C=O) groups is 3. The smallest absolute Gasteiger partial charge is 0.343 e. The van der Waals surface area contributed by atoms with Crippen molar-refractivity contribution in [2.45, 2.75) is 122 Å². The van der Waals surface area contributed by atoms with Crippen molar-refractivity contribution >= 4 is 17.9 Å². The number of carboxylic acid groups (broad SMARTS) is 3. The first kappa shape index (κ1) is 28.1. The summed E-state index contributed by atoms with van der Waals surface area (Å²) in [4.78, 5) is 33.3. The van der Waals surface area contributed by atoms with Crippen molar-refractivity contribution in [2.24, 2.45) is 0 Å². The van der Waals surface area contributed by atoms with Crippen LogP contribution in [-0.2, 0) is 14.4 Å². The van der Waals surface area contributed by atoms with Gasteiger partial charge in [0, 0.05) is 6.42 Å². The van der Waals surface area contributed by atoms with Gasteiger partial charge in [-0.25, -0.2) is 9.59 Å². The predicted octanol–water partition coefficient (Wildman–Crippen LogP) is 6.58. The van der Waals surface area contributed by atoms with Gasteiger partial charge in [0.05, 0.1) is 0 Å². The molecule has 0 fully saturated rings. The van der Waals surface area contributed by atoms with Gasteiger partial charge in [0.1, 0.15) is 5.57 Å². The Bertz CT molecular complexity index is 508. The van der Waals surface area contributed by atoms with E-state index in [1.165, 1.54) is 32.1 Å². The fraction of sp³-hybridized carbons (Fsp3) is 0.792. The van der Waals surface area contributed by atoms with Crippen molar-refractivity contribution in [2.75, 3.05) is 0 Å². The van der Waals surface area contributed by atoms with Crippen LogP contribution < -0.4 is 0 Å². The van der Waals surface area contributed by atoms with Crippen molar-refractivity contribution in [3.63, 3.8) is 0 Å². The fourth-order valence-corrected chi connectivity index (χ4v) is 3.74. The Morgan fingerprint density at radius 1 is 0.500 bits per heavy atom. The average Bonchev–Trinajstić information content (AvgIpc) is 2.67. The molecule has 0 radical (unpaired) electrons. The molecule has 0 aromatic rings. The Balaban J connectivity index is 4.25. The van der Waals surface area contributed by atoms with Gasteiger partial charge in [-0.3, -0.25) is 4.79 Å². The van der Waals surface area contributed by atoms with Gasteiger partial charge < -0.3 is 15.3 Å². The van der Waals surface area contributed by atoms with Gasteiger partial charge in [-0.05, 0) is 37.7 Å². The lowest BCUT2D eigenvalue weighted by molar-refractivity contribution is -0.140. The van der Waals surface area contributed by atoms with Crippen LogP contribution >= 0.6 is 0 Å². The molecule has 0 aliphatic carbocycles. The summed E-state index contributed by atoms with van der Waals surface area (Å²) in [6, 6.07) is 0.